The van der Waals surface area contributed by atoms with E-state index in [1.807, 2.05) is 4.72 Å². The zero-order chi connectivity index (χ0) is 16.9. The molecule has 0 saturated heterocycles. The monoisotopic (exact) mass is 334 g/mol. The van der Waals surface area contributed by atoms with Gasteiger partial charge in [0.15, 0.2) is 6.10 Å². The molecule has 0 aliphatic carbocycles. The van der Waals surface area contributed by atoms with E-state index in [0.717, 1.165) is 24.5 Å². The number of nitrogens with one attached hydrogen (secondary N) is 2. The van der Waals surface area contributed by atoms with Crippen LogP contribution < -0.4 is 10.0 Å². The number of carboxylic acids is 1. The first-order valence-electron chi connectivity index (χ1n) is 5.95. The number of carboxylic acid groups (broad SMARTS) is 1. The Labute approximate surface area is 126 Å². The van der Waals surface area contributed by atoms with Gasteiger partial charge in [0.25, 0.3) is 5.91 Å². The van der Waals surface area contributed by atoms with Crippen molar-refractivity contribution in [1.82, 2.24) is 5.32 Å². The minimum atomic E-state index is -3.70. The van der Waals surface area contributed by atoms with Crippen molar-refractivity contribution in [3.8, 4) is 0 Å². The van der Waals surface area contributed by atoms with Crippen LogP contribution in [0.3, 0.4) is 0 Å². The van der Waals surface area contributed by atoms with Gasteiger partial charge in [0.1, 0.15) is 5.82 Å². The largest absolute Gasteiger partial charge is 0.479 e. The number of ether oxygens (including phenoxy) is 1. The highest BCUT2D eigenvalue weighted by molar-refractivity contribution is 7.92. The van der Waals surface area contributed by atoms with Crippen LogP contribution in [0.15, 0.2) is 18.2 Å². The van der Waals surface area contributed by atoms with Gasteiger partial charge in [-0.3, -0.25) is 9.52 Å². The average Bonchev–Trinajstić information content (AvgIpc) is 2.39. The molecule has 0 heterocycles. The highest BCUT2D eigenvalue weighted by atomic mass is 32.2. The predicted molar refractivity (Wildman–Crippen MR) is 75.6 cm³/mol. The van der Waals surface area contributed by atoms with Crippen LogP contribution in [0.2, 0.25) is 0 Å². The zero-order valence-corrected chi connectivity index (χ0v) is 12.6. The Morgan fingerprint density at radius 1 is 1.41 bits per heavy atom. The normalized spacial score (nSPS) is 12.5. The zero-order valence-electron chi connectivity index (χ0n) is 11.8. The van der Waals surface area contributed by atoms with E-state index in [-0.39, 0.29) is 17.8 Å². The predicted octanol–water partition coefficient (Wildman–Crippen LogP) is 0.0266. The topological polar surface area (TPSA) is 122 Å². The van der Waals surface area contributed by atoms with E-state index in [1.165, 1.54) is 7.11 Å². The van der Waals surface area contributed by atoms with E-state index < -0.39 is 33.8 Å². The number of sulfonamides is 1. The lowest BCUT2D eigenvalue weighted by atomic mass is 10.2. The van der Waals surface area contributed by atoms with Gasteiger partial charge in [0.05, 0.1) is 18.5 Å². The quantitative estimate of drug-likeness (QED) is 0.646. The van der Waals surface area contributed by atoms with Crippen molar-refractivity contribution < 1.29 is 32.2 Å². The molecule has 8 nitrogen and oxygen atoms in total. The molecule has 0 aliphatic heterocycles. The molecule has 3 N–H and O–H groups in total. The molecule has 22 heavy (non-hydrogen) atoms. The molecule has 1 aromatic rings. The van der Waals surface area contributed by atoms with Gasteiger partial charge >= 0.3 is 5.97 Å². The number of amides is 1. The van der Waals surface area contributed by atoms with Crippen molar-refractivity contribution in [3.05, 3.63) is 29.6 Å². The Morgan fingerprint density at radius 3 is 2.55 bits per heavy atom. The van der Waals surface area contributed by atoms with E-state index in [9.17, 15) is 22.4 Å². The van der Waals surface area contributed by atoms with E-state index >= 15 is 0 Å². The van der Waals surface area contributed by atoms with Gasteiger partial charge in [0.2, 0.25) is 10.0 Å². The van der Waals surface area contributed by atoms with Crippen molar-refractivity contribution in [3.63, 3.8) is 0 Å². The molecule has 1 aromatic carbocycles. The summed E-state index contributed by atoms with van der Waals surface area (Å²) >= 11 is 0. The third kappa shape index (κ3) is 5.30. The summed E-state index contributed by atoms with van der Waals surface area (Å²) in [5.41, 5.74) is -0.413. The molecule has 0 saturated carbocycles. The van der Waals surface area contributed by atoms with E-state index in [0.29, 0.717) is 0 Å². The van der Waals surface area contributed by atoms with Gasteiger partial charge in [-0.1, -0.05) is 0 Å². The molecule has 0 fully saturated rings. The fourth-order valence-electron chi connectivity index (χ4n) is 1.50. The molecular weight excluding hydrogens is 319 g/mol. The Balaban J connectivity index is 2.86. The summed E-state index contributed by atoms with van der Waals surface area (Å²) in [6.07, 6.45) is -0.382. The lowest BCUT2D eigenvalue weighted by molar-refractivity contribution is -0.148. The molecule has 10 heteroatoms. The van der Waals surface area contributed by atoms with E-state index in [4.69, 9.17) is 5.11 Å². The molecule has 122 valence electrons. The van der Waals surface area contributed by atoms with Crippen molar-refractivity contribution >= 4 is 27.6 Å². The fraction of sp³-hybridized carbons (Fsp3) is 0.333. The first-order chi connectivity index (χ1) is 10.1. The third-order valence-corrected chi connectivity index (χ3v) is 3.12. The molecule has 0 aromatic heterocycles. The molecule has 1 amide bonds. The van der Waals surface area contributed by atoms with Crippen molar-refractivity contribution in [2.75, 3.05) is 24.6 Å². The highest BCUT2D eigenvalue weighted by Crippen LogP contribution is 2.17. The molecule has 1 atom stereocenters. The first-order valence-corrected chi connectivity index (χ1v) is 7.84. The number of hydrogen-bond acceptors (Lipinski definition) is 5. The molecule has 0 radical (unpaired) electrons. The van der Waals surface area contributed by atoms with Crippen molar-refractivity contribution in [2.45, 2.75) is 6.10 Å². The maximum Gasteiger partial charge on any atom is 0.334 e. The minimum Gasteiger partial charge on any atom is -0.479 e. The van der Waals surface area contributed by atoms with Gasteiger partial charge < -0.3 is 15.2 Å². The number of benzene rings is 1. The smallest absolute Gasteiger partial charge is 0.334 e. The molecule has 1 unspecified atom stereocenters. The number of rotatable bonds is 7. The van der Waals surface area contributed by atoms with Gasteiger partial charge in [0, 0.05) is 12.7 Å². The lowest BCUT2D eigenvalue weighted by Crippen LogP contribution is -2.37. The Kier molecular flexibility index (Phi) is 5.83. The Bertz CT molecular complexity index is 676. The lowest BCUT2D eigenvalue weighted by Gasteiger charge is -2.12. The maximum absolute atomic E-state index is 13.5. The average molecular weight is 334 g/mol. The van der Waals surface area contributed by atoms with Crippen LogP contribution in [0.5, 0.6) is 0 Å². The van der Waals surface area contributed by atoms with Gasteiger partial charge in [-0.25, -0.2) is 17.6 Å². The van der Waals surface area contributed by atoms with Crippen LogP contribution in [0, 0.1) is 5.82 Å². The molecule has 0 bridgehead atoms. The minimum absolute atomic E-state index is 0.0345. The van der Waals surface area contributed by atoms with Crippen LogP contribution in [-0.2, 0) is 19.6 Å². The standard InChI is InChI=1S/C12H15FN2O6S/c1-21-10(12(17)18)6-14-11(16)7-3-4-8(13)9(5-7)15-22(2,19)20/h3-5,10,15H,6H2,1-2H3,(H,14,16)(H,17,18). The van der Waals surface area contributed by atoms with Crippen LogP contribution >= 0.6 is 0 Å². The number of methoxy groups -OCH3 is 1. The summed E-state index contributed by atoms with van der Waals surface area (Å²) in [5.74, 6) is -2.79. The van der Waals surface area contributed by atoms with Crippen LogP contribution in [0.1, 0.15) is 10.4 Å². The number of carbonyl (C=O) groups is 2. The van der Waals surface area contributed by atoms with Crippen molar-refractivity contribution in [2.24, 2.45) is 0 Å². The summed E-state index contributed by atoms with van der Waals surface area (Å²) in [6, 6.07) is 3.07. The highest BCUT2D eigenvalue weighted by Gasteiger charge is 2.18. The molecular formula is C12H15FN2O6S. The second-order valence-corrected chi connectivity index (χ2v) is 6.09. The van der Waals surface area contributed by atoms with Crippen LogP contribution in [-0.4, -0.2) is 51.4 Å². The van der Waals surface area contributed by atoms with Crippen molar-refractivity contribution in [1.29, 1.82) is 0 Å². The third-order valence-electron chi connectivity index (χ3n) is 2.53. The second-order valence-electron chi connectivity index (χ2n) is 4.34. The van der Waals surface area contributed by atoms with E-state index in [1.54, 1.807) is 0 Å². The van der Waals surface area contributed by atoms with Crippen LogP contribution in [0.4, 0.5) is 10.1 Å². The number of hydrogen-bond donors (Lipinski definition) is 3. The number of anilines is 1. The number of aliphatic carboxylic acids is 1. The summed E-state index contributed by atoms with van der Waals surface area (Å²) < 4.78 is 42.3. The summed E-state index contributed by atoms with van der Waals surface area (Å²) in [4.78, 5) is 22.6. The Morgan fingerprint density at radius 2 is 2.05 bits per heavy atom. The molecule has 0 aliphatic rings. The fourth-order valence-corrected chi connectivity index (χ4v) is 2.06. The van der Waals surface area contributed by atoms with Crippen LogP contribution in [0.25, 0.3) is 0 Å². The van der Waals surface area contributed by atoms with E-state index in [2.05, 4.69) is 10.1 Å². The van der Waals surface area contributed by atoms with Gasteiger partial charge in [-0.05, 0) is 18.2 Å². The number of halogens is 1. The van der Waals surface area contributed by atoms with Gasteiger partial charge in [-0.2, -0.15) is 0 Å². The summed E-state index contributed by atoms with van der Waals surface area (Å²) in [6.45, 7) is -0.295. The summed E-state index contributed by atoms with van der Waals surface area (Å²) in [5, 5.41) is 11.1. The maximum atomic E-state index is 13.5. The molecule has 1 rings (SSSR count). The number of carbonyl (C=O) groups excluding carboxylic acids is 1. The Hall–Kier alpha value is -2.20. The second kappa shape index (κ2) is 7.18. The SMILES string of the molecule is COC(CNC(=O)c1ccc(F)c(NS(C)(=O)=O)c1)C(=O)O. The first kappa shape index (κ1) is 17.9. The molecule has 0 spiro atoms. The van der Waals surface area contributed by atoms with Gasteiger partial charge in [-0.15, -0.1) is 0 Å². The summed E-state index contributed by atoms with van der Waals surface area (Å²) in [7, 11) is -2.52.